The minimum Gasteiger partial charge on any atom is -0.394 e. The lowest BCUT2D eigenvalue weighted by Gasteiger charge is -2.65. The lowest BCUT2D eigenvalue weighted by molar-refractivity contribution is -0.215. The lowest BCUT2D eigenvalue weighted by atomic mass is 9.41. The van der Waals surface area contributed by atoms with Gasteiger partial charge in [-0.3, -0.25) is 0 Å². The van der Waals surface area contributed by atoms with Crippen LogP contribution >= 0.6 is 0 Å². The topological polar surface area (TPSA) is 88.4 Å². The highest BCUT2D eigenvalue weighted by molar-refractivity contribution is 5.14. The average Bonchev–Trinajstić information content (AvgIpc) is 3.26. The summed E-state index contributed by atoms with van der Waals surface area (Å²) in [7, 11) is 0. The van der Waals surface area contributed by atoms with Crippen LogP contribution in [0.1, 0.15) is 91.9 Å². The monoisotopic (exact) mass is 524 g/mol. The summed E-state index contributed by atoms with van der Waals surface area (Å²) in [5.74, 6) is 4.02. The first-order valence-corrected chi connectivity index (χ1v) is 15.5. The van der Waals surface area contributed by atoms with Gasteiger partial charge in [0.25, 0.3) is 0 Å². The lowest BCUT2D eigenvalue weighted by Crippen LogP contribution is -2.62. The van der Waals surface area contributed by atoms with Crippen LogP contribution in [0.3, 0.4) is 0 Å². The van der Waals surface area contributed by atoms with E-state index in [2.05, 4.69) is 27.7 Å². The van der Waals surface area contributed by atoms with Gasteiger partial charge in [-0.2, -0.15) is 0 Å². The number of fused-ring (bicyclic) bond motifs is 5. The molecule has 0 saturated heterocycles. The second-order valence-electron chi connectivity index (χ2n) is 13.5. The zero-order valence-corrected chi connectivity index (χ0v) is 24.1. The molecule has 4 aliphatic rings. The van der Waals surface area contributed by atoms with Gasteiger partial charge in [0.1, 0.15) is 6.79 Å². The van der Waals surface area contributed by atoms with Crippen LogP contribution < -0.4 is 0 Å². The fourth-order valence-electron chi connectivity index (χ4n) is 10.2. The zero-order chi connectivity index (χ0) is 26.6. The number of unbranched alkanes of at least 4 members (excludes halogenated alkanes) is 1. The van der Waals surface area contributed by atoms with Crippen molar-refractivity contribution in [1.29, 1.82) is 0 Å². The van der Waals surface area contributed by atoms with Gasteiger partial charge >= 0.3 is 0 Å². The van der Waals surface area contributed by atoms with Crippen LogP contribution in [0.25, 0.3) is 0 Å². The summed E-state index contributed by atoms with van der Waals surface area (Å²) in [4.78, 5) is 0. The Labute approximate surface area is 225 Å². The molecule has 0 bridgehead atoms. The predicted molar refractivity (Wildman–Crippen MR) is 145 cm³/mol. The Kier molecular flexibility index (Phi) is 10.4. The molecule has 11 atom stereocenters. The predicted octanol–water partition coefficient (Wildman–Crippen LogP) is 5.03. The Balaban J connectivity index is 1.66. The smallest absolute Gasteiger partial charge is 0.143 e. The van der Waals surface area contributed by atoms with E-state index >= 15 is 0 Å². The molecule has 0 radical (unpaired) electrons. The maximum atomic E-state index is 9.68. The maximum absolute atomic E-state index is 9.68. The molecule has 6 heteroatoms. The van der Waals surface area contributed by atoms with E-state index in [1.54, 1.807) is 0 Å². The molecule has 4 rings (SSSR count). The third kappa shape index (κ3) is 5.67. The normalized spacial score (nSPS) is 44.2. The summed E-state index contributed by atoms with van der Waals surface area (Å²) in [5, 5.41) is 28.6. The van der Waals surface area contributed by atoms with E-state index in [0.717, 1.165) is 32.1 Å². The van der Waals surface area contributed by atoms with Crippen molar-refractivity contribution in [3.63, 3.8) is 0 Å². The molecule has 216 valence electrons. The van der Waals surface area contributed by atoms with Crippen molar-refractivity contribution in [3.05, 3.63) is 0 Å². The van der Waals surface area contributed by atoms with E-state index < -0.39 is 0 Å². The highest BCUT2D eigenvalue weighted by atomic mass is 16.6. The van der Waals surface area contributed by atoms with Gasteiger partial charge in [-0.15, -0.1) is 0 Å². The van der Waals surface area contributed by atoms with E-state index in [4.69, 9.17) is 14.2 Å². The molecule has 0 aromatic heterocycles. The molecule has 11 unspecified atom stereocenters. The second-order valence-corrected chi connectivity index (χ2v) is 13.5. The van der Waals surface area contributed by atoms with Crippen LogP contribution in [0.5, 0.6) is 0 Å². The summed E-state index contributed by atoms with van der Waals surface area (Å²) >= 11 is 0. The highest BCUT2D eigenvalue weighted by Crippen LogP contribution is 2.70. The van der Waals surface area contributed by atoms with Crippen LogP contribution in [0, 0.1) is 52.3 Å². The summed E-state index contributed by atoms with van der Waals surface area (Å²) in [6.45, 7) is 11.3. The highest BCUT2D eigenvalue weighted by Gasteiger charge is 2.66. The van der Waals surface area contributed by atoms with Crippen LogP contribution in [-0.4, -0.2) is 67.4 Å². The first-order valence-electron chi connectivity index (χ1n) is 15.5. The molecule has 0 heterocycles. The molecule has 3 N–H and O–H groups in total. The van der Waals surface area contributed by atoms with Crippen molar-refractivity contribution in [2.45, 2.75) is 104 Å². The Morgan fingerprint density at radius 2 is 1.68 bits per heavy atom. The number of aliphatic hydroxyl groups is 3. The first kappa shape index (κ1) is 29.7. The van der Waals surface area contributed by atoms with Crippen molar-refractivity contribution in [2.24, 2.45) is 52.3 Å². The van der Waals surface area contributed by atoms with Crippen molar-refractivity contribution in [1.82, 2.24) is 0 Å². The Morgan fingerprint density at radius 1 is 0.919 bits per heavy atom. The van der Waals surface area contributed by atoms with E-state index in [1.807, 2.05) is 0 Å². The van der Waals surface area contributed by atoms with Crippen molar-refractivity contribution in [2.75, 3.05) is 39.8 Å². The molecule has 0 aliphatic heterocycles. The number of hydrogen-bond donors (Lipinski definition) is 3. The van der Waals surface area contributed by atoms with Gasteiger partial charge in [0.15, 0.2) is 0 Å². The summed E-state index contributed by atoms with van der Waals surface area (Å²) in [5.41, 5.74) is 0.433. The van der Waals surface area contributed by atoms with E-state index in [-0.39, 0.29) is 43.0 Å². The quantitative estimate of drug-likeness (QED) is 0.293. The zero-order valence-electron chi connectivity index (χ0n) is 24.1. The SMILES string of the molecule is CCCCC(C)C1CCC2C3C(OCCO)CC4CC(OCCO)CCC4(C)C3CC(COCO)C12C. The largest absolute Gasteiger partial charge is 0.394 e. The molecule has 0 aromatic carbocycles. The minimum atomic E-state index is -0.201. The molecule has 4 aliphatic carbocycles. The van der Waals surface area contributed by atoms with Gasteiger partial charge < -0.3 is 29.5 Å². The van der Waals surface area contributed by atoms with Gasteiger partial charge in [0.05, 0.1) is 45.2 Å². The Bertz CT molecular complexity index is 703. The fraction of sp³-hybridized carbons (Fsp3) is 1.00. The molecular formula is C31H56O6. The summed E-state index contributed by atoms with van der Waals surface area (Å²) < 4.78 is 18.4. The molecular weight excluding hydrogens is 468 g/mol. The third-order valence-corrected chi connectivity index (χ3v) is 12.0. The number of aliphatic hydroxyl groups excluding tert-OH is 3. The van der Waals surface area contributed by atoms with E-state index in [9.17, 15) is 15.3 Å². The van der Waals surface area contributed by atoms with Gasteiger partial charge in [-0.1, -0.05) is 47.0 Å². The number of hydrogen-bond acceptors (Lipinski definition) is 6. The summed E-state index contributed by atoms with van der Waals surface area (Å²) in [6.07, 6.45) is 12.2. The van der Waals surface area contributed by atoms with Gasteiger partial charge in [-0.25, -0.2) is 0 Å². The summed E-state index contributed by atoms with van der Waals surface area (Å²) in [6, 6.07) is 0. The minimum absolute atomic E-state index is 0.0730. The molecule has 37 heavy (non-hydrogen) atoms. The Hall–Kier alpha value is -0.240. The maximum Gasteiger partial charge on any atom is 0.143 e. The molecule has 0 amide bonds. The molecule has 0 spiro atoms. The van der Waals surface area contributed by atoms with Crippen LogP contribution in [0.4, 0.5) is 0 Å². The standard InChI is InChI=1S/C31H56O6/c1-5-6-7-21(2)25-8-9-26-29-27(17-23(19-35-20-34)31(25,26)4)30(3)11-10-24(36-14-12-32)16-22(30)18-28(29)37-15-13-33/h21-29,32-34H,5-20H2,1-4H3. The van der Waals surface area contributed by atoms with Gasteiger partial charge in [0.2, 0.25) is 0 Å². The van der Waals surface area contributed by atoms with Crippen molar-refractivity contribution < 1.29 is 29.5 Å². The second kappa shape index (κ2) is 13.0. The fourth-order valence-corrected chi connectivity index (χ4v) is 10.2. The number of ether oxygens (including phenoxy) is 3. The molecule has 4 saturated carbocycles. The van der Waals surface area contributed by atoms with Crippen LogP contribution in [0.15, 0.2) is 0 Å². The molecule has 4 fully saturated rings. The number of rotatable bonds is 13. The Morgan fingerprint density at radius 3 is 2.38 bits per heavy atom. The first-order chi connectivity index (χ1) is 17.8. The van der Waals surface area contributed by atoms with Crippen LogP contribution in [-0.2, 0) is 14.2 Å². The molecule has 0 aromatic rings. The van der Waals surface area contributed by atoms with Crippen molar-refractivity contribution >= 4 is 0 Å². The van der Waals surface area contributed by atoms with Gasteiger partial charge in [0, 0.05) is 0 Å². The van der Waals surface area contributed by atoms with E-state index in [1.165, 1.54) is 32.1 Å². The third-order valence-electron chi connectivity index (χ3n) is 12.0. The van der Waals surface area contributed by atoms with Crippen LogP contribution in [0.2, 0.25) is 0 Å². The average molecular weight is 525 g/mol. The van der Waals surface area contributed by atoms with Crippen molar-refractivity contribution in [3.8, 4) is 0 Å². The van der Waals surface area contributed by atoms with E-state index in [0.29, 0.717) is 61.2 Å². The molecule has 6 nitrogen and oxygen atoms in total. The van der Waals surface area contributed by atoms with Gasteiger partial charge in [-0.05, 0) is 97.2 Å².